The van der Waals surface area contributed by atoms with Crippen LogP contribution in [0.5, 0.6) is 11.5 Å². The van der Waals surface area contributed by atoms with E-state index in [2.05, 4.69) is 25.1 Å². The van der Waals surface area contributed by atoms with Crippen molar-refractivity contribution in [3.8, 4) is 11.5 Å². The zero-order valence-electron chi connectivity index (χ0n) is 11.9. The van der Waals surface area contributed by atoms with E-state index in [4.69, 9.17) is 22.1 Å². The molecule has 2 N–H and O–H groups in total. The predicted octanol–water partition coefficient (Wildman–Crippen LogP) is 4.72. The van der Waals surface area contributed by atoms with Gasteiger partial charge >= 0.3 is 0 Å². The Bertz CT molecular complexity index is 566. The van der Waals surface area contributed by atoms with Gasteiger partial charge in [-0.3, -0.25) is 0 Å². The van der Waals surface area contributed by atoms with Crippen LogP contribution in [0.25, 0.3) is 0 Å². The third kappa shape index (κ3) is 3.99. The highest BCUT2D eigenvalue weighted by molar-refractivity contribution is 6.30. The summed E-state index contributed by atoms with van der Waals surface area (Å²) in [7, 11) is 0. The first-order chi connectivity index (χ1) is 9.58. The first-order valence-corrected chi connectivity index (χ1v) is 7.25. The molecule has 2 aromatic carbocycles. The van der Waals surface area contributed by atoms with Crippen molar-refractivity contribution in [1.82, 2.24) is 0 Å². The molecule has 1 unspecified atom stereocenters. The third-order valence-electron chi connectivity index (χ3n) is 3.32. The monoisotopic (exact) mass is 289 g/mol. The van der Waals surface area contributed by atoms with Gasteiger partial charge in [-0.25, -0.2) is 0 Å². The molecule has 0 bridgehead atoms. The van der Waals surface area contributed by atoms with E-state index < -0.39 is 0 Å². The molecule has 0 saturated carbocycles. The summed E-state index contributed by atoms with van der Waals surface area (Å²) in [5.74, 6) is 1.66. The summed E-state index contributed by atoms with van der Waals surface area (Å²) in [6.45, 7) is 4.14. The molecule has 0 aliphatic heterocycles. The van der Waals surface area contributed by atoms with E-state index in [1.165, 1.54) is 5.56 Å². The Hall–Kier alpha value is -1.51. The molecule has 20 heavy (non-hydrogen) atoms. The van der Waals surface area contributed by atoms with Crippen LogP contribution in [0.3, 0.4) is 0 Å². The summed E-state index contributed by atoms with van der Waals surface area (Å²) in [5.41, 5.74) is 8.31. The van der Waals surface area contributed by atoms with Crippen LogP contribution in [-0.4, -0.2) is 6.04 Å². The number of ether oxygens (including phenoxy) is 1. The van der Waals surface area contributed by atoms with E-state index in [0.717, 1.165) is 29.9 Å². The van der Waals surface area contributed by atoms with Gasteiger partial charge in [-0.2, -0.15) is 0 Å². The van der Waals surface area contributed by atoms with Gasteiger partial charge in [0.25, 0.3) is 0 Å². The summed E-state index contributed by atoms with van der Waals surface area (Å²) < 4.78 is 5.92. The van der Waals surface area contributed by atoms with Crippen molar-refractivity contribution < 1.29 is 4.74 Å². The maximum Gasteiger partial charge on any atom is 0.130 e. The largest absolute Gasteiger partial charge is 0.457 e. The Morgan fingerprint density at radius 3 is 2.50 bits per heavy atom. The fraction of sp³-hybridized carbons (Fsp3) is 0.294. The van der Waals surface area contributed by atoms with Gasteiger partial charge in [-0.15, -0.1) is 0 Å². The molecule has 106 valence electrons. The van der Waals surface area contributed by atoms with E-state index in [1.807, 2.05) is 31.2 Å². The van der Waals surface area contributed by atoms with Gasteiger partial charge in [0.05, 0.1) is 0 Å². The van der Waals surface area contributed by atoms with Crippen LogP contribution < -0.4 is 10.5 Å². The van der Waals surface area contributed by atoms with Crippen LogP contribution in [0.4, 0.5) is 0 Å². The minimum absolute atomic E-state index is 0.195. The zero-order valence-corrected chi connectivity index (χ0v) is 12.7. The number of rotatable bonds is 5. The van der Waals surface area contributed by atoms with Crippen LogP contribution in [0.15, 0.2) is 42.5 Å². The minimum Gasteiger partial charge on any atom is -0.457 e. The second kappa shape index (κ2) is 6.78. The Morgan fingerprint density at radius 1 is 1.15 bits per heavy atom. The normalized spacial score (nSPS) is 12.2. The molecule has 1 atom stereocenters. The van der Waals surface area contributed by atoms with E-state index in [0.29, 0.717) is 5.02 Å². The molecule has 3 heteroatoms. The second-order valence-electron chi connectivity index (χ2n) is 5.03. The highest BCUT2D eigenvalue weighted by Gasteiger charge is 2.06. The molecule has 0 heterocycles. The first kappa shape index (κ1) is 14.9. The van der Waals surface area contributed by atoms with Gasteiger partial charge in [0.15, 0.2) is 0 Å². The number of nitrogens with two attached hydrogens (primary N) is 1. The highest BCUT2D eigenvalue weighted by atomic mass is 35.5. The van der Waals surface area contributed by atoms with Gasteiger partial charge in [0.1, 0.15) is 11.5 Å². The molecule has 0 radical (unpaired) electrons. The maximum absolute atomic E-state index is 6.01. The summed E-state index contributed by atoms with van der Waals surface area (Å²) >= 11 is 5.87. The van der Waals surface area contributed by atoms with Crippen LogP contribution >= 0.6 is 11.6 Å². The highest BCUT2D eigenvalue weighted by Crippen LogP contribution is 2.27. The van der Waals surface area contributed by atoms with Crippen molar-refractivity contribution >= 4 is 11.6 Å². The lowest BCUT2D eigenvalue weighted by atomic mass is 10.0. The molecular formula is C17H20ClNO. The third-order valence-corrected chi connectivity index (χ3v) is 3.57. The van der Waals surface area contributed by atoms with E-state index in [-0.39, 0.29) is 6.04 Å². The van der Waals surface area contributed by atoms with Crippen LogP contribution in [0.1, 0.15) is 24.5 Å². The van der Waals surface area contributed by atoms with E-state index >= 15 is 0 Å². The Kier molecular flexibility index (Phi) is 5.05. The molecule has 0 aliphatic carbocycles. The molecule has 2 nitrogen and oxygen atoms in total. The van der Waals surface area contributed by atoms with Gasteiger partial charge < -0.3 is 10.5 Å². The van der Waals surface area contributed by atoms with Crippen LogP contribution in [0, 0.1) is 6.92 Å². The number of aryl methyl sites for hydroxylation is 1. The lowest BCUT2D eigenvalue weighted by molar-refractivity contribution is 0.477. The standard InChI is InChI=1S/C17H20ClNO/c1-3-15(19)10-13-5-4-12(2)17(11-13)20-16-8-6-14(18)7-9-16/h4-9,11,15H,3,10,19H2,1-2H3. The number of hydrogen-bond donors (Lipinski definition) is 1. The van der Waals surface area contributed by atoms with Crippen LogP contribution in [-0.2, 0) is 6.42 Å². The molecule has 2 rings (SSSR count). The summed E-state index contributed by atoms with van der Waals surface area (Å²) in [4.78, 5) is 0. The minimum atomic E-state index is 0.195. The maximum atomic E-state index is 6.01. The van der Waals surface area contributed by atoms with E-state index in [9.17, 15) is 0 Å². The van der Waals surface area contributed by atoms with Gasteiger partial charge in [-0.1, -0.05) is 30.7 Å². The summed E-state index contributed by atoms with van der Waals surface area (Å²) in [5, 5.41) is 0.705. The average molecular weight is 290 g/mol. The smallest absolute Gasteiger partial charge is 0.130 e. The molecule has 0 aromatic heterocycles. The molecule has 0 spiro atoms. The summed E-state index contributed by atoms with van der Waals surface area (Å²) in [6, 6.07) is 13.8. The van der Waals surface area contributed by atoms with Crippen molar-refractivity contribution in [2.75, 3.05) is 0 Å². The molecule has 0 amide bonds. The molecule has 0 fully saturated rings. The van der Waals surface area contributed by atoms with Crippen molar-refractivity contribution in [3.05, 3.63) is 58.6 Å². The number of hydrogen-bond acceptors (Lipinski definition) is 2. The molecule has 0 aliphatic rings. The predicted molar refractivity (Wildman–Crippen MR) is 84.7 cm³/mol. The molecule has 2 aromatic rings. The van der Waals surface area contributed by atoms with Gasteiger partial charge in [0, 0.05) is 11.1 Å². The SMILES string of the molecule is CCC(N)Cc1ccc(C)c(Oc2ccc(Cl)cc2)c1. The quantitative estimate of drug-likeness (QED) is 0.864. The fourth-order valence-electron chi connectivity index (χ4n) is 1.96. The van der Waals surface area contributed by atoms with E-state index in [1.54, 1.807) is 0 Å². The van der Waals surface area contributed by atoms with Crippen molar-refractivity contribution in [3.63, 3.8) is 0 Å². The fourth-order valence-corrected chi connectivity index (χ4v) is 2.08. The van der Waals surface area contributed by atoms with Crippen molar-refractivity contribution in [2.45, 2.75) is 32.7 Å². The zero-order chi connectivity index (χ0) is 14.5. The Labute approximate surface area is 125 Å². The lowest BCUT2D eigenvalue weighted by Gasteiger charge is -2.13. The first-order valence-electron chi connectivity index (χ1n) is 6.87. The molecule has 0 saturated heterocycles. The van der Waals surface area contributed by atoms with Crippen LogP contribution in [0.2, 0.25) is 5.02 Å². The summed E-state index contributed by atoms with van der Waals surface area (Å²) in [6.07, 6.45) is 1.84. The molecular weight excluding hydrogens is 270 g/mol. The van der Waals surface area contributed by atoms with Crippen molar-refractivity contribution in [2.24, 2.45) is 5.73 Å². The number of halogens is 1. The van der Waals surface area contributed by atoms with Crippen molar-refractivity contribution in [1.29, 1.82) is 0 Å². The second-order valence-corrected chi connectivity index (χ2v) is 5.46. The van der Waals surface area contributed by atoms with Gasteiger partial charge in [-0.05, 0) is 61.2 Å². The lowest BCUT2D eigenvalue weighted by Crippen LogP contribution is -2.21. The number of benzene rings is 2. The Morgan fingerprint density at radius 2 is 1.85 bits per heavy atom. The van der Waals surface area contributed by atoms with Gasteiger partial charge in [0.2, 0.25) is 0 Å². The Balaban J connectivity index is 2.18. The topological polar surface area (TPSA) is 35.2 Å². The average Bonchev–Trinajstić information content (AvgIpc) is 2.45.